The maximum Gasteiger partial charge on any atom is 0.254 e. The standard InChI is InChI=1S/C29H34N4O2/c34-19-27(15-26-16-30-20-32-26)31-17-28-14-23-9-4-5-10-25(23)18-33(28)29(35)24-12-6-11-22(13-24)21-7-2-1-3-8-21/h1-3,6-8,11-13,16,19-20,23,25,27-28,31H,4-5,9-10,14-15,17-18H2,(H,30,32)/t23-,25-,27+,28+/m1/s1. The first-order valence-electron chi connectivity index (χ1n) is 12.8. The van der Waals surface area contributed by atoms with E-state index in [1.807, 2.05) is 36.4 Å². The maximum absolute atomic E-state index is 13.9. The zero-order chi connectivity index (χ0) is 24.0. The summed E-state index contributed by atoms with van der Waals surface area (Å²) in [6.07, 6.45) is 10.9. The predicted octanol–water partition coefficient (Wildman–Crippen LogP) is 4.50. The summed E-state index contributed by atoms with van der Waals surface area (Å²) in [5.41, 5.74) is 3.82. The summed E-state index contributed by atoms with van der Waals surface area (Å²) >= 11 is 0. The van der Waals surface area contributed by atoms with Gasteiger partial charge in [0.1, 0.15) is 6.29 Å². The summed E-state index contributed by atoms with van der Waals surface area (Å²) in [6, 6.07) is 17.9. The highest BCUT2D eigenvalue weighted by atomic mass is 16.2. The molecule has 6 nitrogen and oxygen atoms in total. The van der Waals surface area contributed by atoms with Gasteiger partial charge in [-0.05, 0) is 47.9 Å². The van der Waals surface area contributed by atoms with E-state index in [9.17, 15) is 9.59 Å². The van der Waals surface area contributed by atoms with Gasteiger partial charge in [0.15, 0.2) is 0 Å². The molecular formula is C29H34N4O2. The Morgan fingerprint density at radius 3 is 2.66 bits per heavy atom. The van der Waals surface area contributed by atoms with E-state index in [4.69, 9.17) is 0 Å². The molecule has 0 spiro atoms. The third-order valence-corrected chi connectivity index (χ3v) is 7.77. The molecule has 3 aromatic rings. The monoisotopic (exact) mass is 470 g/mol. The van der Waals surface area contributed by atoms with E-state index in [1.54, 1.807) is 12.5 Å². The van der Waals surface area contributed by atoms with Gasteiger partial charge in [0.05, 0.1) is 12.4 Å². The predicted molar refractivity (Wildman–Crippen MR) is 137 cm³/mol. The van der Waals surface area contributed by atoms with Gasteiger partial charge in [-0.15, -0.1) is 0 Å². The molecule has 1 aliphatic heterocycles. The summed E-state index contributed by atoms with van der Waals surface area (Å²) in [5.74, 6) is 1.33. The first kappa shape index (κ1) is 23.5. The van der Waals surface area contributed by atoms with E-state index in [2.05, 4.69) is 38.4 Å². The summed E-state index contributed by atoms with van der Waals surface area (Å²) in [4.78, 5) is 34.8. The number of aldehydes is 1. The molecule has 2 heterocycles. The number of hydrogen-bond donors (Lipinski definition) is 2. The van der Waals surface area contributed by atoms with Gasteiger partial charge in [0.2, 0.25) is 0 Å². The summed E-state index contributed by atoms with van der Waals surface area (Å²) < 4.78 is 0. The van der Waals surface area contributed by atoms with Crippen LogP contribution in [0.1, 0.15) is 48.2 Å². The molecule has 0 radical (unpaired) electrons. The van der Waals surface area contributed by atoms with Crippen molar-refractivity contribution in [3.8, 4) is 11.1 Å². The average molecular weight is 471 g/mol. The molecule has 2 N–H and O–H groups in total. The number of nitrogens with zero attached hydrogens (tertiary/aromatic N) is 2. The minimum Gasteiger partial charge on any atom is -0.348 e. The molecule has 5 rings (SSSR count). The lowest BCUT2D eigenvalue weighted by Crippen LogP contribution is -2.55. The Morgan fingerprint density at radius 1 is 1.09 bits per heavy atom. The van der Waals surface area contributed by atoms with E-state index >= 15 is 0 Å². The quantitative estimate of drug-likeness (QED) is 0.475. The first-order valence-corrected chi connectivity index (χ1v) is 12.8. The molecule has 182 valence electrons. The summed E-state index contributed by atoms with van der Waals surface area (Å²) in [6.45, 7) is 1.42. The van der Waals surface area contributed by atoms with Crippen molar-refractivity contribution >= 4 is 12.2 Å². The fraction of sp³-hybridized carbons (Fsp3) is 0.414. The molecule has 1 aromatic heterocycles. The molecule has 35 heavy (non-hydrogen) atoms. The highest BCUT2D eigenvalue weighted by Crippen LogP contribution is 2.39. The Bertz CT molecular complexity index is 1110. The number of carbonyl (C=O) groups is 2. The minimum absolute atomic E-state index is 0.0754. The normalized spacial score (nSPS) is 22.9. The average Bonchev–Trinajstić information content (AvgIpc) is 3.44. The highest BCUT2D eigenvalue weighted by molar-refractivity contribution is 5.95. The lowest BCUT2D eigenvalue weighted by molar-refractivity contribution is -0.109. The molecular weight excluding hydrogens is 436 g/mol. The molecule has 2 fully saturated rings. The van der Waals surface area contributed by atoms with Crippen molar-refractivity contribution in [1.29, 1.82) is 0 Å². The van der Waals surface area contributed by atoms with Crippen LogP contribution < -0.4 is 5.32 Å². The molecule has 1 saturated carbocycles. The minimum atomic E-state index is -0.308. The topological polar surface area (TPSA) is 78.1 Å². The molecule has 6 heteroatoms. The number of amides is 1. The van der Waals surface area contributed by atoms with Gasteiger partial charge in [0.25, 0.3) is 5.91 Å². The number of fused-ring (bicyclic) bond motifs is 1. The smallest absolute Gasteiger partial charge is 0.254 e. The van der Waals surface area contributed by atoms with Crippen LogP contribution in [0.15, 0.2) is 67.1 Å². The number of imidazole rings is 1. The Labute approximate surface area is 207 Å². The zero-order valence-electron chi connectivity index (χ0n) is 20.1. The number of piperidine rings is 1. The van der Waals surface area contributed by atoms with Gasteiger partial charge in [-0.1, -0.05) is 61.7 Å². The van der Waals surface area contributed by atoms with Crippen LogP contribution in [0.4, 0.5) is 0 Å². The fourth-order valence-electron chi connectivity index (χ4n) is 5.87. The van der Waals surface area contributed by atoms with Crippen molar-refractivity contribution in [2.75, 3.05) is 13.1 Å². The maximum atomic E-state index is 13.9. The Kier molecular flexibility index (Phi) is 7.38. The van der Waals surface area contributed by atoms with Gasteiger partial charge in [-0.3, -0.25) is 4.79 Å². The van der Waals surface area contributed by atoms with Crippen LogP contribution >= 0.6 is 0 Å². The fourth-order valence-corrected chi connectivity index (χ4v) is 5.87. The van der Waals surface area contributed by atoms with Crippen molar-refractivity contribution in [2.24, 2.45) is 11.8 Å². The Balaban J connectivity index is 1.34. The lowest BCUT2D eigenvalue weighted by atomic mass is 9.72. The number of carbonyl (C=O) groups excluding carboxylic acids is 2. The molecule has 1 saturated heterocycles. The van der Waals surface area contributed by atoms with Gasteiger partial charge >= 0.3 is 0 Å². The largest absolute Gasteiger partial charge is 0.348 e. The van der Waals surface area contributed by atoms with Crippen LogP contribution in [0.2, 0.25) is 0 Å². The van der Waals surface area contributed by atoms with Crippen molar-refractivity contribution in [3.63, 3.8) is 0 Å². The van der Waals surface area contributed by atoms with Gasteiger partial charge in [-0.25, -0.2) is 4.98 Å². The van der Waals surface area contributed by atoms with Gasteiger partial charge in [0, 0.05) is 43.0 Å². The van der Waals surface area contributed by atoms with Crippen LogP contribution in [-0.4, -0.2) is 52.2 Å². The van der Waals surface area contributed by atoms with Crippen LogP contribution in [0.25, 0.3) is 11.1 Å². The number of hydrogen-bond acceptors (Lipinski definition) is 4. The Hall–Kier alpha value is -3.25. The van der Waals surface area contributed by atoms with Crippen molar-refractivity contribution in [1.82, 2.24) is 20.2 Å². The molecule has 4 atom stereocenters. The number of likely N-dealkylation sites (tertiary alicyclic amines) is 1. The lowest BCUT2D eigenvalue weighted by Gasteiger charge is -2.46. The second kappa shape index (κ2) is 11.0. The van der Waals surface area contributed by atoms with E-state index in [1.165, 1.54) is 25.7 Å². The third kappa shape index (κ3) is 5.54. The van der Waals surface area contributed by atoms with Crippen molar-refractivity contribution in [2.45, 2.75) is 50.6 Å². The van der Waals surface area contributed by atoms with E-state index in [0.717, 1.165) is 41.6 Å². The number of aromatic amines is 1. The molecule has 1 aliphatic carbocycles. The second-order valence-electron chi connectivity index (χ2n) is 10.0. The number of benzene rings is 2. The number of nitrogens with one attached hydrogen (secondary N) is 2. The third-order valence-electron chi connectivity index (χ3n) is 7.77. The molecule has 2 aliphatic rings. The summed E-state index contributed by atoms with van der Waals surface area (Å²) in [5, 5.41) is 3.44. The number of aromatic nitrogens is 2. The molecule has 0 unspecified atom stereocenters. The van der Waals surface area contributed by atoms with Crippen molar-refractivity contribution in [3.05, 3.63) is 78.4 Å². The van der Waals surface area contributed by atoms with Crippen LogP contribution in [-0.2, 0) is 11.2 Å². The van der Waals surface area contributed by atoms with Crippen LogP contribution in [0.3, 0.4) is 0 Å². The molecule has 0 bridgehead atoms. The first-order chi connectivity index (χ1) is 17.2. The highest BCUT2D eigenvalue weighted by Gasteiger charge is 2.39. The van der Waals surface area contributed by atoms with Crippen LogP contribution in [0, 0.1) is 11.8 Å². The zero-order valence-corrected chi connectivity index (χ0v) is 20.1. The van der Waals surface area contributed by atoms with E-state index < -0.39 is 0 Å². The molecule has 1 amide bonds. The number of H-pyrrole nitrogens is 1. The van der Waals surface area contributed by atoms with Gasteiger partial charge in [-0.2, -0.15) is 0 Å². The SMILES string of the molecule is O=C[C@H](Cc1cnc[nH]1)NC[C@@H]1C[C@H]2CCCC[C@@H]2CN1C(=O)c1cccc(-c2ccccc2)c1. The summed E-state index contributed by atoms with van der Waals surface area (Å²) in [7, 11) is 0. The second-order valence-corrected chi connectivity index (χ2v) is 10.0. The van der Waals surface area contributed by atoms with Crippen molar-refractivity contribution < 1.29 is 9.59 Å². The Morgan fingerprint density at radius 2 is 1.89 bits per heavy atom. The van der Waals surface area contributed by atoms with E-state index in [-0.39, 0.29) is 18.0 Å². The van der Waals surface area contributed by atoms with Crippen LogP contribution in [0.5, 0.6) is 0 Å². The number of rotatable bonds is 8. The molecule has 2 aromatic carbocycles. The van der Waals surface area contributed by atoms with Gasteiger partial charge < -0.3 is 20.0 Å². The van der Waals surface area contributed by atoms with E-state index in [0.29, 0.717) is 24.8 Å².